The second kappa shape index (κ2) is 8.93. The zero-order chi connectivity index (χ0) is 18.2. The molecule has 1 aromatic carbocycles. The maximum Gasteiger partial charge on any atom is 0.311 e. The molecule has 7 nitrogen and oxygen atoms in total. The Morgan fingerprint density at radius 3 is 2.84 bits per heavy atom. The van der Waals surface area contributed by atoms with Crippen molar-refractivity contribution < 1.29 is 14.5 Å². The quantitative estimate of drug-likeness (QED) is 0.423. The van der Waals surface area contributed by atoms with Crippen LogP contribution in [0.5, 0.6) is 5.75 Å². The van der Waals surface area contributed by atoms with Crippen molar-refractivity contribution in [2.24, 2.45) is 0 Å². The average molecular weight is 406 g/mol. The smallest absolute Gasteiger partial charge is 0.311 e. The Kier molecular flexibility index (Phi) is 6.64. The van der Waals surface area contributed by atoms with Crippen molar-refractivity contribution in [1.82, 2.24) is 4.98 Å². The molecule has 0 saturated carbocycles. The summed E-state index contributed by atoms with van der Waals surface area (Å²) in [5.41, 5.74) is 0.389. The summed E-state index contributed by atoms with van der Waals surface area (Å²) in [5.74, 6) is 0.239. The number of carbonyl (C=O) groups excluding carboxylic acids is 1. The number of nitrogens with one attached hydrogen (secondary N) is 1. The predicted octanol–water partition coefficient (Wildman–Crippen LogP) is 4.19. The molecule has 0 spiro atoms. The van der Waals surface area contributed by atoms with Crippen molar-refractivity contribution in [2.75, 3.05) is 11.9 Å². The lowest BCUT2D eigenvalue weighted by atomic mass is 10.1. The van der Waals surface area contributed by atoms with E-state index in [0.717, 1.165) is 10.9 Å². The fourth-order valence-corrected chi connectivity index (χ4v) is 2.14. The molecule has 2 aromatic rings. The van der Waals surface area contributed by atoms with Gasteiger partial charge in [-0.25, -0.2) is 4.98 Å². The van der Waals surface area contributed by atoms with Gasteiger partial charge >= 0.3 is 5.69 Å². The zero-order valence-electron chi connectivity index (χ0n) is 13.4. The van der Waals surface area contributed by atoms with Crippen molar-refractivity contribution in [3.05, 3.63) is 62.8 Å². The molecule has 0 aliphatic carbocycles. The number of anilines is 1. The van der Waals surface area contributed by atoms with Gasteiger partial charge in [-0.3, -0.25) is 14.9 Å². The van der Waals surface area contributed by atoms with Crippen LogP contribution in [0.1, 0.15) is 18.9 Å². The number of nitro groups is 1. The minimum Gasteiger partial charge on any atom is -0.487 e. The second-order valence-electron chi connectivity index (χ2n) is 5.02. The van der Waals surface area contributed by atoms with Crippen LogP contribution in [-0.4, -0.2) is 22.4 Å². The highest BCUT2D eigenvalue weighted by Gasteiger charge is 2.15. The lowest BCUT2D eigenvalue weighted by molar-refractivity contribution is -0.385. The summed E-state index contributed by atoms with van der Waals surface area (Å²) in [7, 11) is 0. The summed E-state index contributed by atoms with van der Waals surface area (Å²) < 4.78 is 6.16. The molecular formula is C17H16BrN3O4. The van der Waals surface area contributed by atoms with Crippen molar-refractivity contribution in [2.45, 2.75) is 13.3 Å². The van der Waals surface area contributed by atoms with Crippen molar-refractivity contribution in [3.63, 3.8) is 0 Å². The number of nitrogens with zero attached hydrogens (tertiary/aromatic N) is 2. The second-order valence-corrected chi connectivity index (χ2v) is 5.93. The number of pyridine rings is 1. The first-order valence-electron chi connectivity index (χ1n) is 7.51. The number of rotatable bonds is 7. The first-order valence-corrected chi connectivity index (χ1v) is 8.30. The lowest BCUT2D eigenvalue weighted by Gasteiger charge is -2.06. The third-order valence-electron chi connectivity index (χ3n) is 3.05. The zero-order valence-corrected chi connectivity index (χ0v) is 15.0. The topological polar surface area (TPSA) is 94.4 Å². The Balaban J connectivity index is 2.09. The summed E-state index contributed by atoms with van der Waals surface area (Å²) in [6.45, 7) is 2.32. The van der Waals surface area contributed by atoms with Crippen LogP contribution in [0, 0.1) is 10.1 Å². The van der Waals surface area contributed by atoms with Gasteiger partial charge in [-0.2, -0.15) is 0 Å². The summed E-state index contributed by atoms with van der Waals surface area (Å²) >= 11 is 3.26. The van der Waals surface area contributed by atoms with Crippen molar-refractivity contribution >= 4 is 39.4 Å². The van der Waals surface area contributed by atoms with Crippen LogP contribution in [0.3, 0.4) is 0 Å². The van der Waals surface area contributed by atoms with Crippen LogP contribution in [0.4, 0.5) is 11.5 Å². The molecule has 8 heteroatoms. The maximum atomic E-state index is 11.9. The first-order chi connectivity index (χ1) is 12.0. The Morgan fingerprint density at radius 1 is 1.40 bits per heavy atom. The number of hydrogen-bond acceptors (Lipinski definition) is 5. The Morgan fingerprint density at radius 2 is 2.20 bits per heavy atom. The normalized spacial score (nSPS) is 10.6. The molecule has 2 rings (SSSR count). The largest absolute Gasteiger partial charge is 0.487 e. The molecular weight excluding hydrogens is 390 g/mol. The van der Waals surface area contributed by atoms with Gasteiger partial charge < -0.3 is 10.1 Å². The molecule has 0 aliphatic rings. The molecule has 0 radical (unpaired) electrons. The number of amides is 1. The molecule has 1 heterocycles. The van der Waals surface area contributed by atoms with Crippen molar-refractivity contribution in [1.29, 1.82) is 0 Å². The molecule has 1 aromatic heterocycles. The molecule has 0 unspecified atom stereocenters. The number of hydrogen-bond donors (Lipinski definition) is 1. The molecule has 0 atom stereocenters. The molecule has 1 N–H and O–H groups in total. The van der Waals surface area contributed by atoms with Gasteiger partial charge in [0.2, 0.25) is 5.91 Å². The summed E-state index contributed by atoms with van der Waals surface area (Å²) in [6, 6.07) is 7.96. The molecule has 0 saturated heterocycles. The van der Waals surface area contributed by atoms with Crippen LogP contribution in [0.2, 0.25) is 0 Å². The molecule has 25 heavy (non-hydrogen) atoms. The third kappa shape index (κ3) is 5.68. The number of nitro benzene ring substituents is 1. The number of ether oxygens (including phenoxy) is 1. The van der Waals surface area contributed by atoms with Gasteiger partial charge in [0.1, 0.15) is 5.82 Å². The SMILES string of the molecule is CCCOc1ccc(/C=C/C(=O)Nc2ccc(Br)cn2)cc1[N+](=O)[O-]. The van der Waals surface area contributed by atoms with E-state index in [4.69, 9.17) is 4.74 Å². The highest BCUT2D eigenvalue weighted by Crippen LogP contribution is 2.28. The number of halogens is 1. The van der Waals surface area contributed by atoms with Crippen LogP contribution in [0.25, 0.3) is 6.08 Å². The van der Waals surface area contributed by atoms with Gasteiger partial charge in [-0.1, -0.05) is 13.0 Å². The highest BCUT2D eigenvalue weighted by molar-refractivity contribution is 9.10. The fraction of sp³-hybridized carbons (Fsp3) is 0.176. The minimum atomic E-state index is -0.506. The van der Waals surface area contributed by atoms with E-state index in [2.05, 4.69) is 26.2 Å². The minimum absolute atomic E-state index is 0.134. The number of benzene rings is 1. The lowest BCUT2D eigenvalue weighted by Crippen LogP contribution is -2.08. The average Bonchev–Trinajstić information content (AvgIpc) is 2.60. The van der Waals surface area contributed by atoms with E-state index in [1.54, 1.807) is 24.4 Å². The summed E-state index contributed by atoms with van der Waals surface area (Å²) in [4.78, 5) is 26.6. The van der Waals surface area contributed by atoms with E-state index in [9.17, 15) is 14.9 Å². The summed E-state index contributed by atoms with van der Waals surface area (Å²) in [6.07, 6.45) is 5.10. The van der Waals surface area contributed by atoms with Crippen molar-refractivity contribution in [3.8, 4) is 5.75 Å². The fourth-order valence-electron chi connectivity index (χ4n) is 1.90. The first kappa shape index (κ1) is 18.6. The van der Waals surface area contributed by atoms with Crippen LogP contribution < -0.4 is 10.1 Å². The Bertz CT molecular complexity index is 791. The van der Waals surface area contributed by atoms with E-state index in [-0.39, 0.29) is 17.3 Å². The molecule has 1 amide bonds. The maximum absolute atomic E-state index is 11.9. The van der Waals surface area contributed by atoms with E-state index in [0.29, 0.717) is 18.0 Å². The van der Waals surface area contributed by atoms with Gasteiger partial charge in [0.15, 0.2) is 5.75 Å². The Labute approximate surface area is 153 Å². The highest BCUT2D eigenvalue weighted by atomic mass is 79.9. The van der Waals surface area contributed by atoms with Gasteiger partial charge in [0, 0.05) is 22.8 Å². The van der Waals surface area contributed by atoms with E-state index < -0.39 is 4.92 Å². The van der Waals surface area contributed by atoms with E-state index >= 15 is 0 Å². The third-order valence-corrected chi connectivity index (χ3v) is 3.52. The standard InChI is InChI=1S/C17H16BrN3O4/c1-2-9-25-15-6-3-12(10-14(15)21(23)24)4-8-17(22)20-16-7-5-13(18)11-19-16/h3-8,10-11H,2,9H2,1H3,(H,19,20,22)/b8-4+. The molecule has 130 valence electrons. The van der Waals surface area contributed by atoms with Gasteiger partial charge in [0.05, 0.1) is 11.5 Å². The molecule has 0 aliphatic heterocycles. The number of aromatic nitrogens is 1. The van der Waals surface area contributed by atoms with Gasteiger partial charge in [-0.05, 0) is 52.2 Å². The van der Waals surface area contributed by atoms with Crippen LogP contribution >= 0.6 is 15.9 Å². The monoisotopic (exact) mass is 405 g/mol. The van der Waals surface area contributed by atoms with Crippen LogP contribution in [0.15, 0.2) is 47.1 Å². The predicted molar refractivity (Wildman–Crippen MR) is 98.5 cm³/mol. The number of carbonyl (C=O) groups is 1. The van der Waals surface area contributed by atoms with Gasteiger partial charge in [0.25, 0.3) is 0 Å². The Hall–Kier alpha value is -2.74. The molecule has 0 fully saturated rings. The van der Waals surface area contributed by atoms with Crippen LogP contribution in [-0.2, 0) is 4.79 Å². The van der Waals surface area contributed by atoms with E-state index in [1.165, 1.54) is 24.3 Å². The van der Waals surface area contributed by atoms with E-state index in [1.807, 2.05) is 6.92 Å². The summed E-state index contributed by atoms with van der Waals surface area (Å²) in [5, 5.41) is 13.8. The molecule has 0 bridgehead atoms. The van der Waals surface area contributed by atoms with Gasteiger partial charge in [-0.15, -0.1) is 0 Å².